The highest BCUT2D eigenvalue weighted by Gasteiger charge is 2.60. The van der Waals surface area contributed by atoms with Crippen LogP contribution in [-0.2, 0) is 11.3 Å². The topological polar surface area (TPSA) is 70.8 Å². The average molecular weight is 434 g/mol. The molecule has 3 fully saturated rings. The maximum absolute atomic E-state index is 9.83. The van der Waals surface area contributed by atoms with Crippen molar-refractivity contribution in [2.75, 3.05) is 32.8 Å². The minimum atomic E-state index is -0.148. The third kappa shape index (κ3) is 3.44. The molecule has 0 radical (unpaired) electrons. The number of oxazole rings is 1. The van der Waals surface area contributed by atoms with Gasteiger partial charge in [-0.1, -0.05) is 6.07 Å². The van der Waals surface area contributed by atoms with Gasteiger partial charge in [-0.2, -0.15) is 0 Å². The van der Waals surface area contributed by atoms with Gasteiger partial charge in [0.05, 0.1) is 22.3 Å². The number of aliphatic hydroxyl groups is 1. The van der Waals surface area contributed by atoms with E-state index in [4.69, 9.17) is 14.1 Å². The lowest BCUT2D eigenvalue weighted by Crippen LogP contribution is -2.52. The zero-order chi connectivity index (χ0) is 17.0. The van der Waals surface area contributed by atoms with E-state index in [1.54, 1.807) is 11.3 Å². The van der Waals surface area contributed by atoms with E-state index in [9.17, 15) is 5.11 Å². The summed E-state index contributed by atoms with van der Waals surface area (Å²) in [5.41, 5.74) is 0.852. The summed E-state index contributed by atoms with van der Waals surface area (Å²) in [4.78, 5) is 8.19. The molecular formula is C18H25Cl2N3O3S. The number of nitrogens with zero attached hydrogens (tertiary/aromatic N) is 2. The zero-order valence-corrected chi connectivity index (χ0v) is 17.5. The maximum Gasteiger partial charge on any atom is 0.236 e. The minimum absolute atomic E-state index is 0. The number of aromatic nitrogens is 1. The van der Waals surface area contributed by atoms with Crippen molar-refractivity contribution in [1.82, 2.24) is 15.2 Å². The zero-order valence-electron chi connectivity index (χ0n) is 15.1. The van der Waals surface area contributed by atoms with E-state index in [-0.39, 0.29) is 49.0 Å². The molecule has 3 aliphatic rings. The van der Waals surface area contributed by atoms with Gasteiger partial charge < -0.3 is 19.6 Å². The fraction of sp³-hybridized carbons (Fsp3) is 0.611. The molecule has 2 aromatic rings. The Balaban J connectivity index is 0.00000105. The number of morpholine rings is 1. The molecule has 0 aliphatic carbocycles. The molecule has 2 bridgehead atoms. The van der Waals surface area contributed by atoms with Crippen LogP contribution < -0.4 is 5.32 Å². The minimum Gasteiger partial charge on any atom is -0.440 e. The van der Waals surface area contributed by atoms with Crippen molar-refractivity contribution in [3.05, 3.63) is 29.0 Å². The van der Waals surface area contributed by atoms with Crippen molar-refractivity contribution in [2.24, 2.45) is 11.8 Å². The van der Waals surface area contributed by atoms with E-state index in [1.165, 1.54) is 0 Å². The quantitative estimate of drug-likeness (QED) is 0.770. The van der Waals surface area contributed by atoms with E-state index in [0.717, 1.165) is 49.1 Å². The van der Waals surface area contributed by atoms with Gasteiger partial charge in [0.25, 0.3) is 0 Å². The summed E-state index contributed by atoms with van der Waals surface area (Å²) in [6.45, 7) is 6.53. The molecule has 0 unspecified atom stereocenters. The summed E-state index contributed by atoms with van der Waals surface area (Å²) >= 11 is 1.64. The van der Waals surface area contributed by atoms with Crippen LogP contribution in [0.2, 0.25) is 0 Å². The third-order valence-corrected chi connectivity index (χ3v) is 6.84. The van der Waals surface area contributed by atoms with Crippen molar-refractivity contribution in [1.29, 1.82) is 0 Å². The predicted molar refractivity (Wildman–Crippen MR) is 109 cm³/mol. The molecule has 5 heterocycles. The van der Waals surface area contributed by atoms with Crippen molar-refractivity contribution in [3.63, 3.8) is 0 Å². The second-order valence-electron chi connectivity index (χ2n) is 7.47. The van der Waals surface area contributed by atoms with Crippen molar-refractivity contribution in [2.45, 2.75) is 25.2 Å². The SMILES string of the molecule is Cc1oc(-c2cccs2)nc1CN1C[C@@H]2[C@H](CO)[C@H]3CNC[C@]2(C1)O3.Cl.Cl. The molecule has 0 saturated carbocycles. The van der Waals surface area contributed by atoms with E-state index in [1.807, 2.05) is 24.4 Å². The van der Waals surface area contributed by atoms with E-state index in [0.29, 0.717) is 11.8 Å². The van der Waals surface area contributed by atoms with Crippen LogP contribution in [-0.4, -0.2) is 59.5 Å². The summed E-state index contributed by atoms with van der Waals surface area (Å²) in [5.74, 6) is 2.22. The van der Waals surface area contributed by atoms with Gasteiger partial charge in [0.2, 0.25) is 5.89 Å². The Morgan fingerprint density at radius 3 is 3.04 bits per heavy atom. The van der Waals surface area contributed by atoms with Gasteiger partial charge in [-0.05, 0) is 18.4 Å². The van der Waals surface area contributed by atoms with Gasteiger partial charge in [0, 0.05) is 51.2 Å². The number of ether oxygens (including phenoxy) is 1. The molecule has 4 atom stereocenters. The smallest absolute Gasteiger partial charge is 0.236 e. The Morgan fingerprint density at radius 2 is 2.30 bits per heavy atom. The number of aryl methyl sites for hydroxylation is 1. The molecule has 9 heteroatoms. The Bertz CT molecular complexity index is 772. The summed E-state index contributed by atoms with van der Waals surface area (Å²) in [7, 11) is 0. The highest BCUT2D eigenvalue weighted by molar-refractivity contribution is 7.13. The van der Waals surface area contributed by atoms with Crippen LogP contribution in [0.3, 0.4) is 0 Å². The van der Waals surface area contributed by atoms with E-state index >= 15 is 0 Å². The van der Waals surface area contributed by atoms with Crippen LogP contribution in [0, 0.1) is 18.8 Å². The first-order valence-electron chi connectivity index (χ1n) is 8.90. The number of likely N-dealkylation sites (tertiary alicyclic amines) is 1. The Labute approximate surface area is 175 Å². The molecule has 0 amide bonds. The average Bonchev–Trinajstić information content (AvgIpc) is 3.33. The van der Waals surface area contributed by atoms with E-state index in [2.05, 4.69) is 10.2 Å². The molecule has 3 saturated heterocycles. The molecule has 2 N–H and O–H groups in total. The number of hydrogen-bond acceptors (Lipinski definition) is 7. The van der Waals surface area contributed by atoms with Gasteiger partial charge in [0.1, 0.15) is 5.76 Å². The lowest BCUT2D eigenvalue weighted by molar-refractivity contribution is -0.0747. The number of aliphatic hydroxyl groups excluding tert-OH is 1. The van der Waals surface area contributed by atoms with Gasteiger partial charge in [-0.25, -0.2) is 4.98 Å². The molecular weight excluding hydrogens is 409 g/mol. The normalized spacial score (nSPS) is 32.0. The molecule has 150 valence electrons. The van der Waals surface area contributed by atoms with Gasteiger partial charge in [-0.3, -0.25) is 4.90 Å². The van der Waals surface area contributed by atoms with Gasteiger partial charge in [0.15, 0.2) is 0 Å². The van der Waals surface area contributed by atoms with Crippen LogP contribution in [0.15, 0.2) is 21.9 Å². The standard InChI is InChI=1S/C18H23N3O3S.2ClH/c1-11-14(20-17(23-11)16-3-2-4-25-16)7-21-6-13-12(8-22)15-5-19-9-18(13,10-21)24-15;;/h2-4,12-13,15,19,22H,5-10H2,1H3;2*1H/t12-,13+,15+,18+;;/m0../s1. The van der Waals surface area contributed by atoms with Gasteiger partial charge >= 0.3 is 0 Å². The maximum atomic E-state index is 9.83. The molecule has 1 spiro atoms. The largest absolute Gasteiger partial charge is 0.440 e. The molecule has 2 aromatic heterocycles. The van der Waals surface area contributed by atoms with Crippen molar-refractivity contribution >= 4 is 36.2 Å². The fourth-order valence-electron chi connectivity index (χ4n) is 4.81. The Kier molecular flexibility index (Phi) is 6.23. The third-order valence-electron chi connectivity index (χ3n) is 5.98. The Morgan fingerprint density at radius 1 is 1.44 bits per heavy atom. The lowest BCUT2D eigenvalue weighted by atomic mass is 9.83. The van der Waals surface area contributed by atoms with Crippen molar-refractivity contribution in [3.8, 4) is 10.8 Å². The number of hydrogen-bond donors (Lipinski definition) is 2. The van der Waals surface area contributed by atoms with Crippen LogP contribution in [0.25, 0.3) is 10.8 Å². The monoisotopic (exact) mass is 433 g/mol. The molecule has 5 rings (SSSR count). The first kappa shape index (κ1) is 21.0. The molecule has 3 aliphatic heterocycles. The summed E-state index contributed by atoms with van der Waals surface area (Å²) < 4.78 is 12.2. The van der Waals surface area contributed by atoms with Gasteiger partial charge in [-0.15, -0.1) is 36.2 Å². The number of halogens is 2. The van der Waals surface area contributed by atoms with Crippen LogP contribution in [0.5, 0.6) is 0 Å². The fourth-order valence-corrected chi connectivity index (χ4v) is 5.46. The number of fused-ring (bicyclic) bond motifs is 1. The van der Waals surface area contributed by atoms with Crippen LogP contribution >= 0.6 is 36.2 Å². The first-order valence-corrected chi connectivity index (χ1v) is 9.78. The summed E-state index contributed by atoms with van der Waals surface area (Å²) in [6, 6.07) is 4.05. The first-order chi connectivity index (χ1) is 12.2. The summed E-state index contributed by atoms with van der Waals surface area (Å²) in [6.07, 6.45) is 0.158. The lowest BCUT2D eigenvalue weighted by Gasteiger charge is -2.34. The van der Waals surface area contributed by atoms with E-state index < -0.39 is 0 Å². The Hall–Kier alpha value is -0.670. The number of rotatable bonds is 4. The molecule has 6 nitrogen and oxygen atoms in total. The second-order valence-corrected chi connectivity index (χ2v) is 8.42. The summed E-state index contributed by atoms with van der Waals surface area (Å²) in [5, 5.41) is 15.4. The van der Waals surface area contributed by atoms with Crippen LogP contribution in [0.1, 0.15) is 11.5 Å². The molecule has 27 heavy (non-hydrogen) atoms. The predicted octanol–water partition coefficient (Wildman–Crippen LogP) is 2.34. The number of nitrogens with one attached hydrogen (secondary N) is 1. The highest BCUT2D eigenvalue weighted by atomic mass is 35.5. The number of thiophene rings is 1. The highest BCUT2D eigenvalue weighted by Crippen LogP contribution is 2.47. The van der Waals surface area contributed by atoms with Crippen molar-refractivity contribution < 1.29 is 14.3 Å². The second kappa shape index (κ2) is 7.99. The molecule has 0 aromatic carbocycles. The van der Waals surface area contributed by atoms with Crippen LogP contribution in [0.4, 0.5) is 0 Å².